The Bertz CT molecular complexity index is 9540. The largest absolute Gasteiger partial charge is 0.0622 e. The first-order valence-corrected chi connectivity index (χ1v) is 43.7. The van der Waals surface area contributed by atoms with E-state index in [0.29, 0.717) is 0 Å². The fourth-order valence-electron chi connectivity index (χ4n) is 23.9. The minimum absolute atomic E-state index is 1.26. The van der Waals surface area contributed by atoms with Crippen LogP contribution in [-0.2, 0) is 0 Å². The normalized spacial score (nSPS) is 12.5. The van der Waals surface area contributed by atoms with Crippen LogP contribution in [0.15, 0.2) is 376 Å². The zero-order chi connectivity index (χ0) is 81.3. The van der Waals surface area contributed by atoms with Crippen LogP contribution in [0.3, 0.4) is 0 Å². The van der Waals surface area contributed by atoms with Crippen LogP contribution in [-0.4, -0.2) is 0 Å². The summed E-state index contributed by atoms with van der Waals surface area (Å²) in [5.41, 5.74) is 13.3. The van der Waals surface area contributed by atoms with Crippen LogP contribution < -0.4 is 0 Å². The Morgan fingerprint density at radius 1 is 0.113 bits per heavy atom. The lowest BCUT2D eigenvalue weighted by Gasteiger charge is -2.13. The highest BCUT2D eigenvalue weighted by molar-refractivity contribution is 6.43. The molecule has 0 fully saturated rings. The van der Waals surface area contributed by atoms with Gasteiger partial charge in [0.1, 0.15) is 0 Å². The third kappa shape index (κ3) is 9.31. The summed E-state index contributed by atoms with van der Waals surface area (Å²) in [6, 6.07) is 142. The molecule has 0 nitrogen and oxygen atoms in total. The molecule has 30 rings (SSSR count). The third-order valence-electron chi connectivity index (χ3n) is 29.2. The quantitative estimate of drug-likeness (QED) is 0.155. The Kier molecular flexibility index (Phi) is 13.8. The van der Waals surface area contributed by atoms with E-state index in [1.54, 1.807) is 0 Å². The molecule has 124 heavy (non-hydrogen) atoms. The average molecular weight is 1560 g/mol. The van der Waals surface area contributed by atoms with Crippen molar-refractivity contribution in [2.24, 2.45) is 0 Å². The van der Waals surface area contributed by atoms with E-state index in [9.17, 15) is 0 Å². The zero-order valence-electron chi connectivity index (χ0n) is 68.8. The Morgan fingerprint density at radius 3 is 0.726 bits per heavy atom. The van der Waals surface area contributed by atoms with Gasteiger partial charge < -0.3 is 0 Å². The number of benzene rings is 24. The maximum Gasteiger partial charge on any atom is -0.00197 e. The van der Waals surface area contributed by atoms with Crippen molar-refractivity contribution >= 4 is 259 Å². The molecular weight excluding hydrogens is 1490 g/mol. The summed E-state index contributed by atoms with van der Waals surface area (Å²) >= 11 is 0. The first-order chi connectivity index (χ1) is 61.1. The van der Waals surface area contributed by atoms with Crippen molar-refractivity contribution in [2.45, 2.75) is 27.7 Å². The molecule has 0 heteroatoms. The summed E-state index contributed by atoms with van der Waals surface area (Å²) in [6.07, 6.45) is 0. The second-order valence-electron chi connectivity index (χ2n) is 35.6. The summed E-state index contributed by atoms with van der Waals surface area (Å²) < 4.78 is 0. The van der Waals surface area contributed by atoms with Gasteiger partial charge in [0.15, 0.2) is 0 Å². The molecule has 0 aliphatic carbocycles. The third-order valence-corrected chi connectivity index (χ3v) is 29.2. The van der Waals surface area contributed by atoms with Crippen LogP contribution >= 0.6 is 0 Å². The van der Waals surface area contributed by atoms with Crippen molar-refractivity contribution < 1.29 is 0 Å². The van der Waals surface area contributed by atoms with E-state index in [2.05, 4.69) is 404 Å². The highest BCUT2D eigenvalue weighted by Crippen LogP contribution is 2.53. The zero-order valence-corrected chi connectivity index (χ0v) is 68.8. The standard InChI is InChI=1S/2C42H26.C40H22/c1-23-8-5-9-24(2)40(23)33-16-17-34-37-21-26-20-36-32-15-6-12-29-28-11-4-3-10-25(28)18-39(42(29)32)38(36)22-27(26)19-35(37)31-14-7-13-30(33)41(31)34;1-23-8-5-9-24(2)40(23)33-16-17-34-37-21-27-22-38-36(20-26(27)19-35(37)31-14-7-13-30(33)41(31)34)32-15-6-12-29-28-11-4-3-10-25(28)18-39(38)42(29)32;1-2-8-23(9-3-1)28-13-6-12-25-18-37-36-22-27-20-34-30-15-5-11-24-10-4-14-29(38(24)30)33(34)19-26(27)21-35(36)31-16-7-17-32(39(25)28)40(31)37/h2*3-22H,1-2H3;1-22H. The van der Waals surface area contributed by atoms with Gasteiger partial charge in [0.05, 0.1) is 0 Å². The first kappa shape index (κ1) is 68.2. The maximum atomic E-state index is 2.44. The van der Waals surface area contributed by atoms with Crippen molar-refractivity contribution in [3.05, 3.63) is 398 Å². The molecule has 0 aromatic heterocycles. The van der Waals surface area contributed by atoms with Gasteiger partial charge in [-0.2, -0.15) is 0 Å². The molecule has 30 aromatic carbocycles. The van der Waals surface area contributed by atoms with Gasteiger partial charge in [0.25, 0.3) is 0 Å². The number of fused-ring (bicyclic) bond motifs is 27. The molecule has 0 saturated heterocycles. The number of hydrogen-bond donors (Lipinski definition) is 0. The van der Waals surface area contributed by atoms with E-state index < -0.39 is 0 Å². The molecule has 0 saturated carbocycles. The maximum absolute atomic E-state index is 2.44. The fraction of sp³-hybridized carbons (Fsp3) is 0.0323. The smallest absolute Gasteiger partial charge is 0.00197 e. The van der Waals surface area contributed by atoms with E-state index in [0.717, 1.165) is 0 Å². The molecule has 0 N–H and O–H groups in total. The Hall–Kier alpha value is -15.6. The topological polar surface area (TPSA) is 0 Å². The average Bonchev–Trinajstić information content (AvgIpc) is 1.55. The van der Waals surface area contributed by atoms with Crippen molar-refractivity contribution in [1.82, 2.24) is 0 Å². The molecule has 0 spiro atoms. The van der Waals surface area contributed by atoms with Crippen LogP contribution in [0.25, 0.3) is 292 Å². The van der Waals surface area contributed by atoms with Crippen LogP contribution in [0.4, 0.5) is 0 Å². The van der Waals surface area contributed by atoms with Gasteiger partial charge in [-0.3, -0.25) is 0 Å². The summed E-state index contributed by atoms with van der Waals surface area (Å²) in [5.74, 6) is 0. The van der Waals surface area contributed by atoms with Crippen molar-refractivity contribution in [3.63, 3.8) is 0 Å². The van der Waals surface area contributed by atoms with E-state index >= 15 is 0 Å². The van der Waals surface area contributed by atoms with E-state index in [1.165, 1.54) is 314 Å². The molecule has 0 aliphatic rings. The minimum Gasteiger partial charge on any atom is -0.0622 e. The monoisotopic (exact) mass is 1560 g/mol. The van der Waals surface area contributed by atoms with Crippen LogP contribution in [0, 0.1) is 27.7 Å². The molecule has 0 unspecified atom stereocenters. The van der Waals surface area contributed by atoms with Crippen LogP contribution in [0.2, 0.25) is 0 Å². The lowest BCUT2D eigenvalue weighted by atomic mass is 9.91. The van der Waals surface area contributed by atoms with Gasteiger partial charge >= 0.3 is 0 Å². The predicted octanol–water partition coefficient (Wildman–Crippen LogP) is 35.6. The van der Waals surface area contributed by atoms with Gasteiger partial charge in [0, 0.05) is 0 Å². The van der Waals surface area contributed by atoms with E-state index in [4.69, 9.17) is 0 Å². The van der Waals surface area contributed by atoms with Crippen LogP contribution in [0.1, 0.15) is 22.3 Å². The highest BCUT2D eigenvalue weighted by atomic mass is 14.3. The fourth-order valence-corrected chi connectivity index (χ4v) is 23.9. The molecule has 0 amide bonds. The lowest BCUT2D eigenvalue weighted by molar-refractivity contribution is 1.39. The molecule has 0 atom stereocenters. The second-order valence-corrected chi connectivity index (χ2v) is 35.6. The predicted molar refractivity (Wildman–Crippen MR) is 542 cm³/mol. The van der Waals surface area contributed by atoms with Gasteiger partial charge in [-0.1, -0.05) is 285 Å². The summed E-state index contributed by atoms with van der Waals surface area (Å²) in [5, 5.41) is 64.6. The van der Waals surface area contributed by atoms with Gasteiger partial charge in [-0.15, -0.1) is 0 Å². The number of aryl methyl sites for hydroxylation is 4. The van der Waals surface area contributed by atoms with Crippen molar-refractivity contribution in [1.29, 1.82) is 0 Å². The Balaban J connectivity index is 0.0000000951. The van der Waals surface area contributed by atoms with E-state index in [-0.39, 0.29) is 0 Å². The highest BCUT2D eigenvalue weighted by Gasteiger charge is 2.25. The van der Waals surface area contributed by atoms with Gasteiger partial charge in [0.2, 0.25) is 0 Å². The van der Waals surface area contributed by atoms with Gasteiger partial charge in [-0.25, -0.2) is 0 Å². The molecule has 0 aliphatic heterocycles. The van der Waals surface area contributed by atoms with E-state index in [1.807, 2.05) is 0 Å². The van der Waals surface area contributed by atoms with Crippen molar-refractivity contribution in [3.8, 4) is 33.4 Å². The summed E-state index contributed by atoms with van der Waals surface area (Å²) in [4.78, 5) is 0. The molecule has 570 valence electrons. The van der Waals surface area contributed by atoms with Crippen molar-refractivity contribution in [2.75, 3.05) is 0 Å². The summed E-state index contributed by atoms with van der Waals surface area (Å²) in [7, 11) is 0. The summed E-state index contributed by atoms with van der Waals surface area (Å²) in [6.45, 7) is 8.92. The first-order valence-electron chi connectivity index (χ1n) is 43.7. The second kappa shape index (κ2) is 25.0. The van der Waals surface area contributed by atoms with Gasteiger partial charge in [-0.05, 0) is 433 Å². The minimum atomic E-state index is 1.26. The Morgan fingerprint density at radius 2 is 0.347 bits per heavy atom. The lowest BCUT2D eigenvalue weighted by Crippen LogP contribution is -1.89. The molecule has 0 bridgehead atoms. The molecular formula is C124H74. The SMILES string of the molecule is Cc1cccc(C)c1-c1ccc2c3cc4cc5c(cc4cc3c3cccc1c23)c1cc2ccccc2c2cccc5c21.Cc1cccc(C)c1-c1ccc2c3cc4cc5c(cc4cc3c3cccc1c32)c1cccc2c3ccccc3cc5c21.c1ccc(-c2cccc3cc4c5cc6cc7c(cc6cc5c5cccc(c23)c54)c2cccc3cccc7c32)cc1. The molecule has 30 aromatic rings. The number of rotatable bonds is 3. The molecule has 0 radical (unpaired) electrons. The molecule has 0 heterocycles. The number of hydrogen-bond acceptors (Lipinski definition) is 0. The van der Waals surface area contributed by atoms with Crippen LogP contribution in [0.5, 0.6) is 0 Å². The Labute approximate surface area is 712 Å².